The number of nitrogens with one attached hydrogen (secondary N) is 1. The van der Waals surface area contributed by atoms with Crippen molar-refractivity contribution in [1.29, 1.82) is 0 Å². The van der Waals surface area contributed by atoms with Crippen molar-refractivity contribution in [2.45, 2.75) is 91.1 Å². The van der Waals surface area contributed by atoms with Gasteiger partial charge in [0.05, 0.1) is 6.42 Å². The Morgan fingerprint density at radius 1 is 1.06 bits per heavy atom. The Bertz CT molecular complexity index is 1160. The summed E-state index contributed by atoms with van der Waals surface area (Å²) in [5, 5.41) is 9.56. The van der Waals surface area contributed by atoms with Gasteiger partial charge in [0, 0.05) is 19.5 Å². The molecule has 4 bridgehead atoms. The topological polar surface area (TPSA) is 110 Å². The second-order valence-electron chi connectivity index (χ2n) is 11.0. The predicted molar refractivity (Wildman–Crippen MR) is 121 cm³/mol. The molecule has 4 aliphatic carbocycles. The lowest BCUT2D eigenvalue weighted by atomic mass is 9.43. The van der Waals surface area contributed by atoms with Crippen LogP contribution in [0.2, 0.25) is 0 Å². The molecule has 6 rings (SSSR count). The number of aryl methyl sites for hydroxylation is 1. The highest BCUT2D eigenvalue weighted by atomic mass is 16.4. The van der Waals surface area contributed by atoms with Gasteiger partial charge in [0.1, 0.15) is 11.3 Å². The summed E-state index contributed by atoms with van der Waals surface area (Å²) >= 11 is 0. The Labute approximate surface area is 187 Å². The van der Waals surface area contributed by atoms with Crippen molar-refractivity contribution in [3.8, 4) is 0 Å². The number of hydrogen-bond donors (Lipinski definition) is 2. The van der Waals surface area contributed by atoms with E-state index in [2.05, 4.69) is 4.98 Å². The summed E-state index contributed by atoms with van der Waals surface area (Å²) in [6.07, 6.45) is 8.94. The van der Waals surface area contributed by atoms with E-state index in [9.17, 15) is 19.5 Å². The van der Waals surface area contributed by atoms with E-state index in [-0.39, 0.29) is 28.5 Å². The van der Waals surface area contributed by atoms with Gasteiger partial charge in [0.25, 0.3) is 5.56 Å². The number of aromatic nitrogens is 4. The third-order valence-corrected chi connectivity index (χ3v) is 8.18. The van der Waals surface area contributed by atoms with Gasteiger partial charge in [-0.05, 0) is 74.0 Å². The standard InChI is InChI=1S/C24H34N4O4/c1-3-5-27-20-19(21(31)28(6-4-2)22(27)32)25-17(26-20)12-23-8-15-7-16(9-23)11-24(10-15,14-23)13-18(29)30/h15-16H,3-14H2,1-2H3,(H,25,26)(H,29,30). The summed E-state index contributed by atoms with van der Waals surface area (Å²) in [7, 11) is 0. The zero-order valence-corrected chi connectivity index (χ0v) is 19.2. The fourth-order valence-corrected chi connectivity index (χ4v) is 7.88. The number of nitrogens with zero attached hydrogens (tertiary/aromatic N) is 3. The van der Waals surface area contributed by atoms with E-state index in [1.807, 2.05) is 13.8 Å². The number of carboxylic acids is 1. The van der Waals surface area contributed by atoms with Crippen LogP contribution in [-0.4, -0.2) is 30.2 Å². The number of imidazole rings is 1. The van der Waals surface area contributed by atoms with Crippen LogP contribution in [0.15, 0.2) is 9.59 Å². The van der Waals surface area contributed by atoms with Crippen LogP contribution in [0.3, 0.4) is 0 Å². The van der Waals surface area contributed by atoms with Gasteiger partial charge < -0.3 is 10.1 Å². The number of carbonyl (C=O) groups is 1. The normalized spacial score (nSPS) is 30.9. The van der Waals surface area contributed by atoms with Gasteiger partial charge in [-0.1, -0.05) is 13.8 Å². The van der Waals surface area contributed by atoms with E-state index in [0.29, 0.717) is 42.5 Å². The molecular weight excluding hydrogens is 408 g/mol. The molecule has 174 valence electrons. The van der Waals surface area contributed by atoms with Crippen molar-refractivity contribution in [3.05, 3.63) is 26.7 Å². The fourth-order valence-electron chi connectivity index (χ4n) is 7.88. The predicted octanol–water partition coefficient (Wildman–Crippen LogP) is 3.31. The Morgan fingerprint density at radius 2 is 1.69 bits per heavy atom. The minimum atomic E-state index is -0.689. The Hall–Kier alpha value is -2.38. The van der Waals surface area contributed by atoms with Crippen molar-refractivity contribution in [2.24, 2.45) is 22.7 Å². The zero-order chi connectivity index (χ0) is 22.7. The van der Waals surface area contributed by atoms with Crippen molar-refractivity contribution in [1.82, 2.24) is 19.1 Å². The number of carboxylic acid groups (broad SMARTS) is 1. The van der Waals surface area contributed by atoms with Gasteiger partial charge in [0.2, 0.25) is 0 Å². The SMILES string of the molecule is CCCn1c(=O)c2[nH]c(CC34CC5CC(CC(CC(=O)O)(C5)C3)C4)nc2n(CCC)c1=O. The third-order valence-electron chi connectivity index (χ3n) is 8.18. The number of H-pyrrole nitrogens is 1. The molecule has 0 spiro atoms. The molecule has 4 aliphatic rings. The van der Waals surface area contributed by atoms with Crippen LogP contribution < -0.4 is 11.2 Å². The molecule has 0 aliphatic heterocycles. The number of aliphatic carboxylic acids is 1. The van der Waals surface area contributed by atoms with E-state index in [4.69, 9.17) is 4.98 Å². The summed E-state index contributed by atoms with van der Waals surface area (Å²) in [6, 6.07) is 0. The molecule has 2 aromatic rings. The first-order valence-corrected chi connectivity index (χ1v) is 12.2. The number of hydrogen-bond acceptors (Lipinski definition) is 4. The molecule has 0 amide bonds. The van der Waals surface area contributed by atoms with Gasteiger partial charge in [-0.3, -0.25) is 18.7 Å². The molecule has 2 N–H and O–H groups in total. The van der Waals surface area contributed by atoms with E-state index in [1.165, 1.54) is 11.0 Å². The lowest BCUT2D eigenvalue weighted by molar-refractivity contribution is -0.152. The van der Waals surface area contributed by atoms with Crippen LogP contribution in [0.5, 0.6) is 0 Å². The molecule has 8 nitrogen and oxygen atoms in total. The first-order chi connectivity index (χ1) is 15.3. The van der Waals surface area contributed by atoms with E-state index >= 15 is 0 Å². The highest BCUT2D eigenvalue weighted by Gasteiger charge is 2.58. The number of rotatable bonds is 8. The number of aromatic amines is 1. The molecule has 2 atom stereocenters. The summed E-state index contributed by atoms with van der Waals surface area (Å²) in [5.41, 5.74) is 0.289. The lowest BCUT2D eigenvalue weighted by Gasteiger charge is -2.62. The van der Waals surface area contributed by atoms with E-state index < -0.39 is 5.97 Å². The summed E-state index contributed by atoms with van der Waals surface area (Å²) < 4.78 is 2.96. The quantitative estimate of drug-likeness (QED) is 0.652. The second kappa shape index (κ2) is 7.59. The first-order valence-electron chi connectivity index (χ1n) is 12.2. The third kappa shape index (κ3) is 3.42. The Kier molecular flexibility index (Phi) is 5.09. The summed E-state index contributed by atoms with van der Waals surface area (Å²) in [5.74, 6) is 1.27. The molecule has 32 heavy (non-hydrogen) atoms. The highest BCUT2D eigenvalue weighted by molar-refractivity contribution is 5.70. The number of fused-ring (bicyclic) bond motifs is 1. The molecule has 0 aromatic carbocycles. The largest absolute Gasteiger partial charge is 0.481 e. The van der Waals surface area contributed by atoms with Crippen LogP contribution in [0.4, 0.5) is 0 Å². The van der Waals surface area contributed by atoms with Crippen molar-refractivity contribution < 1.29 is 9.90 Å². The average molecular weight is 443 g/mol. The molecule has 8 heteroatoms. The van der Waals surface area contributed by atoms with Crippen LogP contribution in [0.1, 0.15) is 77.5 Å². The van der Waals surface area contributed by atoms with E-state index in [1.54, 1.807) is 4.57 Å². The fraction of sp³-hybridized carbons (Fsp3) is 0.750. The maximum absolute atomic E-state index is 13.1. The Morgan fingerprint density at radius 3 is 2.31 bits per heavy atom. The van der Waals surface area contributed by atoms with Crippen LogP contribution in [0, 0.1) is 22.7 Å². The average Bonchev–Trinajstić information content (AvgIpc) is 3.09. The second-order valence-corrected chi connectivity index (χ2v) is 11.0. The molecule has 2 heterocycles. The molecule has 0 saturated heterocycles. The molecule has 0 radical (unpaired) electrons. The monoisotopic (exact) mass is 442 g/mol. The highest BCUT2D eigenvalue weighted by Crippen LogP contribution is 2.67. The summed E-state index contributed by atoms with van der Waals surface area (Å²) in [4.78, 5) is 45.7. The van der Waals surface area contributed by atoms with Gasteiger partial charge in [-0.2, -0.15) is 0 Å². The van der Waals surface area contributed by atoms with Crippen LogP contribution in [0.25, 0.3) is 11.2 Å². The maximum Gasteiger partial charge on any atom is 0.332 e. The molecule has 4 saturated carbocycles. The lowest BCUT2D eigenvalue weighted by Crippen LogP contribution is -2.53. The van der Waals surface area contributed by atoms with Crippen LogP contribution in [-0.2, 0) is 24.3 Å². The molecular formula is C24H34N4O4. The van der Waals surface area contributed by atoms with Gasteiger partial charge in [0.15, 0.2) is 5.65 Å². The summed E-state index contributed by atoms with van der Waals surface area (Å²) in [6.45, 7) is 4.90. The molecule has 2 aromatic heterocycles. The van der Waals surface area contributed by atoms with Gasteiger partial charge >= 0.3 is 11.7 Å². The first kappa shape index (κ1) is 21.5. The van der Waals surface area contributed by atoms with Crippen molar-refractivity contribution >= 4 is 17.1 Å². The van der Waals surface area contributed by atoms with Crippen molar-refractivity contribution in [3.63, 3.8) is 0 Å². The van der Waals surface area contributed by atoms with E-state index in [0.717, 1.165) is 50.8 Å². The minimum Gasteiger partial charge on any atom is -0.481 e. The van der Waals surface area contributed by atoms with Gasteiger partial charge in [-0.15, -0.1) is 0 Å². The molecule has 2 unspecified atom stereocenters. The van der Waals surface area contributed by atoms with Crippen LogP contribution >= 0.6 is 0 Å². The Balaban J connectivity index is 1.54. The maximum atomic E-state index is 13.1. The minimum absolute atomic E-state index is 0.0474. The smallest absolute Gasteiger partial charge is 0.332 e. The van der Waals surface area contributed by atoms with Gasteiger partial charge in [-0.25, -0.2) is 9.78 Å². The zero-order valence-electron chi connectivity index (χ0n) is 19.2. The molecule has 4 fully saturated rings. The van der Waals surface area contributed by atoms with Crippen molar-refractivity contribution in [2.75, 3.05) is 0 Å².